The third-order valence-electron chi connectivity index (χ3n) is 1.09. The lowest BCUT2D eigenvalue weighted by atomic mass is 10.3. The molecule has 13 heavy (non-hydrogen) atoms. The number of nitrogens with zero attached hydrogens (tertiary/aromatic N) is 2. The Morgan fingerprint density at radius 1 is 1.77 bits per heavy atom. The van der Waals surface area contributed by atoms with Gasteiger partial charge in [-0.1, -0.05) is 22.9 Å². The van der Waals surface area contributed by atoms with Gasteiger partial charge in [0.1, 0.15) is 12.2 Å². The van der Waals surface area contributed by atoms with Gasteiger partial charge in [-0.3, -0.25) is 5.10 Å². The Balaban J connectivity index is 0.000000310. The Morgan fingerprint density at radius 2 is 2.31 bits per heavy atom. The minimum Gasteiger partial charge on any atom is -0.262 e. The van der Waals surface area contributed by atoms with E-state index in [2.05, 4.69) is 38.0 Å². The zero-order valence-corrected chi connectivity index (χ0v) is 9.36. The first-order chi connectivity index (χ1) is 6.07. The minimum absolute atomic E-state index is 0.319. The lowest BCUT2D eigenvalue weighted by Gasteiger charge is -1.98. The maximum atomic E-state index is 8.70. The summed E-state index contributed by atoms with van der Waals surface area (Å²) in [5, 5.41) is 6.50. The summed E-state index contributed by atoms with van der Waals surface area (Å²) in [4.78, 5) is 18.5. The normalized spacial score (nSPS) is 11.4. The first-order valence-electron chi connectivity index (χ1n) is 3.42. The molecule has 0 fully saturated rings. The lowest BCUT2D eigenvalue weighted by Crippen LogP contribution is -1.89. The molecule has 0 aliphatic rings. The number of halogens is 1. The fourth-order valence-corrected chi connectivity index (χ4v) is 0.780. The van der Waals surface area contributed by atoms with Crippen molar-refractivity contribution >= 4 is 24.2 Å². The second-order valence-corrected chi connectivity index (χ2v) is 3.61. The molecule has 0 bridgehead atoms. The van der Waals surface area contributed by atoms with E-state index in [1.54, 1.807) is 0 Å². The summed E-state index contributed by atoms with van der Waals surface area (Å²) >= 11 is 3.43. The van der Waals surface area contributed by atoms with Crippen LogP contribution in [0.3, 0.4) is 0 Å². The van der Waals surface area contributed by atoms with Crippen molar-refractivity contribution in [1.82, 2.24) is 15.2 Å². The van der Waals surface area contributed by atoms with Gasteiger partial charge in [0.2, 0.25) is 0 Å². The molecule has 0 saturated carbocycles. The van der Waals surface area contributed by atoms with Crippen LogP contribution in [0.2, 0.25) is 0 Å². The molecule has 8 heteroatoms. The molecule has 0 aliphatic carbocycles. The zero-order chi connectivity index (χ0) is 10.3. The van der Waals surface area contributed by atoms with E-state index in [1.807, 2.05) is 0 Å². The van der Waals surface area contributed by atoms with E-state index in [0.717, 1.165) is 12.2 Å². The second kappa shape index (κ2) is 7.08. The van der Waals surface area contributed by atoms with Crippen LogP contribution in [0.15, 0.2) is 6.33 Å². The molecule has 3 N–H and O–H groups in total. The van der Waals surface area contributed by atoms with Gasteiger partial charge in [-0.2, -0.15) is 5.10 Å². The molecule has 0 spiro atoms. The van der Waals surface area contributed by atoms with Crippen molar-refractivity contribution in [2.24, 2.45) is 0 Å². The van der Waals surface area contributed by atoms with Crippen LogP contribution in [-0.2, 0) is 4.57 Å². The van der Waals surface area contributed by atoms with Crippen LogP contribution in [0.25, 0.3) is 0 Å². The largest absolute Gasteiger partial charge is 0.692 e. The third-order valence-corrected chi connectivity index (χ3v) is 2.17. The van der Waals surface area contributed by atoms with Crippen LogP contribution < -0.4 is 0 Å². The van der Waals surface area contributed by atoms with E-state index < -0.39 is 8.25 Å². The van der Waals surface area contributed by atoms with Gasteiger partial charge in [-0.25, -0.2) is 4.98 Å². The molecule has 1 rings (SSSR count). The van der Waals surface area contributed by atoms with Crippen molar-refractivity contribution < 1.29 is 14.4 Å². The van der Waals surface area contributed by atoms with E-state index in [-0.39, 0.29) is 0 Å². The van der Waals surface area contributed by atoms with Crippen LogP contribution in [0, 0.1) is 0 Å². The Kier molecular flexibility index (Phi) is 6.89. The molecule has 0 aliphatic heterocycles. The Hall–Kier alpha value is -0.360. The molecule has 0 saturated heterocycles. The first kappa shape index (κ1) is 12.6. The van der Waals surface area contributed by atoms with Gasteiger partial charge in [0.05, 0.1) is 4.83 Å². The number of rotatable bonds is 2. The smallest absolute Gasteiger partial charge is 0.262 e. The quantitative estimate of drug-likeness (QED) is 0.555. The van der Waals surface area contributed by atoms with Crippen molar-refractivity contribution in [3.05, 3.63) is 12.2 Å². The average Bonchev–Trinajstić information content (AvgIpc) is 2.54. The van der Waals surface area contributed by atoms with Crippen molar-refractivity contribution in [2.45, 2.75) is 18.2 Å². The van der Waals surface area contributed by atoms with Gasteiger partial charge in [0.25, 0.3) is 0 Å². The van der Waals surface area contributed by atoms with Gasteiger partial charge in [-0.15, -0.1) is 9.79 Å². The second-order valence-electron chi connectivity index (χ2n) is 2.00. The first-order valence-corrected chi connectivity index (χ1v) is 5.50. The minimum atomic E-state index is -2.87. The SMILES string of the molecule is CCC(Br)c1ncn[nH]1.O=[P+](O)O. The van der Waals surface area contributed by atoms with Gasteiger partial charge < -0.3 is 0 Å². The molecule has 0 aromatic carbocycles. The van der Waals surface area contributed by atoms with Crippen molar-refractivity contribution in [3.63, 3.8) is 0 Å². The van der Waals surface area contributed by atoms with Crippen molar-refractivity contribution in [3.8, 4) is 0 Å². The van der Waals surface area contributed by atoms with E-state index in [9.17, 15) is 0 Å². The van der Waals surface area contributed by atoms with E-state index in [4.69, 9.17) is 14.4 Å². The molecule has 1 atom stereocenters. The summed E-state index contributed by atoms with van der Waals surface area (Å²) in [7, 11) is -2.87. The molecule has 1 aromatic rings. The third kappa shape index (κ3) is 6.77. The summed E-state index contributed by atoms with van der Waals surface area (Å²) in [5.74, 6) is 0.900. The number of nitrogens with one attached hydrogen (secondary N) is 1. The highest BCUT2D eigenvalue weighted by molar-refractivity contribution is 9.09. The maximum absolute atomic E-state index is 8.70. The molecule has 0 amide bonds. The van der Waals surface area contributed by atoms with Gasteiger partial charge in [0.15, 0.2) is 0 Å². The summed E-state index contributed by atoms with van der Waals surface area (Å²) in [6.45, 7) is 2.09. The monoisotopic (exact) mass is 270 g/mol. The topological polar surface area (TPSA) is 99.1 Å². The summed E-state index contributed by atoms with van der Waals surface area (Å²) in [6, 6.07) is 0. The number of hydrogen-bond acceptors (Lipinski definition) is 3. The van der Waals surface area contributed by atoms with Crippen molar-refractivity contribution in [2.75, 3.05) is 0 Å². The fraction of sp³-hybridized carbons (Fsp3) is 0.600. The molecule has 1 heterocycles. The highest BCUT2D eigenvalue weighted by atomic mass is 79.9. The zero-order valence-electron chi connectivity index (χ0n) is 6.88. The van der Waals surface area contributed by atoms with Gasteiger partial charge in [0, 0.05) is 4.57 Å². The molecule has 0 radical (unpaired) electrons. The number of hydrogen-bond donors (Lipinski definition) is 3. The molecule has 1 unspecified atom stereocenters. The van der Waals surface area contributed by atoms with E-state index >= 15 is 0 Å². The fourth-order valence-electron chi connectivity index (χ4n) is 0.559. The summed E-state index contributed by atoms with van der Waals surface area (Å²) in [6.07, 6.45) is 2.54. The van der Waals surface area contributed by atoms with Gasteiger partial charge in [-0.05, 0) is 6.42 Å². The van der Waals surface area contributed by atoms with Crippen LogP contribution >= 0.6 is 24.2 Å². The molecule has 6 nitrogen and oxygen atoms in total. The maximum Gasteiger partial charge on any atom is 0.692 e. The lowest BCUT2D eigenvalue weighted by molar-refractivity contribution is 0.405. The van der Waals surface area contributed by atoms with Crippen LogP contribution in [0.5, 0.6) is 0 Å². The summed E-state index contributed by atoms with van der Waals surface area (Å²) < 4.78 is 8.70. The highest BCUT2D eigenvalue weighted by Crippen LogP contribution is 2.20. The predicted molar refractivity (Wildman–Crippen MR) is 50.4 cm³/mol. The Morgan fingerprint density at radius 3 is 2.62 bits per heavy atom. The van der Waals surface area contributed by atoms with Gasteiger partial charge >= 0.3 is 8.25 Å². The number of aromatic amines is 1. The van der Waals surface area contributed by atoms with Crippen molar-refractivity contribution in [1.29, 1.82) is 0 Å². The average molecular weight is 271 g/mol. The standard InChI is InChI=1S/C5H8BrN3.HO3P/c1-2-4(6)5-7-3-8-9-5;1-4(2)3/h3-4H,2H2,1H3,(H,7,8,9);(H-,1,2,3)/p+1. The van der Waals surface area contributed by atoms with Crippen LogP contribution in [0.1, 0.15) is 24.0 Å². The van der Waals surface area contributed by atoms with E-state index in [1.165, 1.54) is 6.33 Å². The predicted octanol–water partition coefficient (Wildman–Crippen LogP) is 1.28. The Labute approximate surface area is 84.5 Å². The van der Waals surface area contributed by atoms with E-state index in [0.29, 0.717) is 4.83 Å². The molecular formula is C5H10BrN3O3P+. The number of H-pyrrole nitrogens is 1. The summed E-state index contributed by atoms with van der Waals surface area (Å²) in [5.41, 5.74) is 0. The molecular weight excluding hydrogens is 261 g/mol. The molecule has 74 valence electrons. The number of aromatic nitrogens is 3. The Bertz CT molecular complexity index is 239. The highest BCUT2D eigenvalue weighted by Gasteiger charge is 2.05. The van der Waals surface area contributed by atoms with Crippen LogP contribution in [0.4, 0.5) is 0 Å². The molecule has 1 aromatic heterocycles. The van der Waals surface area contributed by atoms with Crippen LogP contribution in [-0.4, -0.2) is 25.0 Å². The number of alkyl halides is 1.